The Hall–Kier alpha value is -0.0900. The predicted molar refractivity (Wildman–Crippen MR) is 70.6 cm³/mol. The molecule has 1 N–H and O–H groups in total. The molecule has 0 rings (SSSR count). The van der Waals surface area contributed by atoms with Gasteiger partial charge in [0.1, 0.15) is 9.84 Å². The Morgan fingerprint density at radius 3 is 2.19 bits per heavy atom. The Bertz CT molecular complexity index is 250. The van der Waals surface area contributed by atoms with Crippen LogP contribution in [0, 0.1) is 0 Å². The molecule has 1 unspecified atom stereocenters. The highest BCUT2D eigenvalue weighted by Gasteiger charge is 2.10. The lowest BCUT2D eigenvalue weighted by atomic mass is 10.0. The summed E-state index contributed by atoms with van der Waals surface area (Å²) >= 11 is 0. The minimum atomic E-state index is -2.78. The van der Waals surface area contributed by atoms with Gasteiger partial charge in [-0.05, 0) is 26.3 Å². The number of hydrogen-bond acceptors (Lipinski definition) is 3. The first-order chi connectivity index (χ1) is 7.55. The molecule has 0 bridgehead atoms. The number of sulfone groups is 1. The van der Waals surface area contributed by atoms with E-state index in [2.05, 4.69) is 12.2 Å². The van der Waals surface area contributed by atoms with E-state index in [0.29, 0.717) is 11.8 Å². The normalized spacial score (nSPS) is 13.9. The lowest BCUT2D eigenvalue weighted by Crippen LogP contribution is -2.26. The van der Waals surface area contributed by atoms with Gasteiger partial charge in [0.05, 0.1) is 5.75 Å². The first kappa shape index (κ1) is 15.9. The third-order valence-electron chi connectivity index (χ3n) is 3.01. The van der Waals surface area contributed by atoms with Gasteiger partial charge in [-0.2, -0.15) is 0 Å². The Morgan fingerprint density at radius 2 is 1.69 bits per heavy atom. The van der Waals surface area contributed by atoms with Crippen molar-refractivity contribution in [1.82, 2.24) is 5.32 Å². The molecule has 1 atom stereocenters. The second-order valence-corrected chi connectivity index (χ2v) is 6.83. The molecule has 0 fully saturated rings. The summed E-state index contributed by atoms with van der Waals surface area (Å²) in [6, 6.07) is 0.485. The third-order valence-corrected chi connectivity index (χ3v) is 4.80. The van der Waals surface area contributed by atoms with E-state index in [1.165, 1.54) is 19.3 Å². The first-order valence-corrected chi connectivity index (χ1v) is 8.25. The zero-order valence-corrected chi connectivity index (χ0v) is 11.8. The Kier molecular flexibility index (Phi) is 8.94. The average Bonchev–Trinajstić information content (AvgIpc) is 2.27. The zero-order valence-electron chi connectivity index (χ0n) is 11.0. The summed E-state index contributed by atoms with van der Waals surface area (Å²) in [6.45, 7) is 3.91. The van der Waals surface area contributed by atoms with Crippen LogP contribution in [0.1, 0.15) is 52.4 Å². The maximum atomic E-state index is 11.3. The van der Waals surface area contributed by atoms with E-state index in [4.69, 9.17) is 0 Å². The predicted octanol–water partition coefficient (Wildman–Crippen LogP) is 2.37. The van der Waals surface area contributed by atoms with Crippen LogP contribution in [0.2, 0.25) is 0 Å². The van der Waals surface area contributed by atoms with Crippen molar-refractivity contribution in [3.05, 3.63) is 0 Å². The highest BCUT2D eigenvalue weighted by Crippen LogP contribution is 2.09. The molecule has 0 radical (unpaired) electrons. The van der Waals surface area contributed by atoms with Crippen molar-refractivity contribution in [3.8, 4) is 0 Å². The quantitative estimate of drug-likeness (QED) is 0.605. The summed E-state index contributed by atoms with van der Waals surface area (Å²) in [7, 11) is -0.813. The minimum Gasteiger partial charge on any atom is -0.317 e. The summed E-state index contributed by atoms with van der Waals surface area (Å²) in [6.07, 6.45) is 6.67. The van der Waals surface area contributed by atoms with Crippen LogP contribution in [0.5, 0.6) is 0 Å². The largest absolute Gasteiger partial charge is 0.317 e. The standard InChI is InChI=1S/C12H27NO2S/c1-4-6-7-9-12(13-3)10-8-11-16(14,15)5-2/h12-13H,4-11H2,1-3H3. The van der Waals surface area contributed by atoms with Gasteiger partial charge in [0.25, 0.3) is 0 Å². The van der Waals surface area contributed by atoms with Crippen LogP contribution < -0.4 is 5.32 Å². The van der Waals surface area contributed by atoms with E-state index in [1.807, 2.05) is 7.05 Å². The second-order valence-electron chi connectivity index (χ2n) is 4.36. The van der Waals surface area contributed by atoms with Crippen LogP contribution in [0.4, 0.5) is 0 Å². The molecule has 0 aromatic rings. The van der Waals surface area contributed by atoms with Gasteiger partial charge in [-0.15, -0.1) is 0 Å². The highest BCUT2D eigenvalue weighted by molar-refractivity contribution is 7.91. The monoisotopic (exact) mass is 249 g/mol. The summed E-state index contributed by atoms with van der Waals surface area (Å²) in [5.74, 6) is 0.614. The van der Waals surface area contributed by atoms with E-state index in [9.17, 15) is 8.42 Å². The number of nitrogens with one attached hydrogen (secondary N) is 1. The summed E-state index contributed by atoms with van der Waals surface area (Å²) in [5, 5.41) is 3.27. The molecule has 0 spiro atoms. The van der Waals surface area contributed by atoms with Gasteiger partial charge < -0.3 is 5.32 Å². The van der Waals surface area contributed by atoms with Gasteiger partial charge in [-0.3, -0.25) is 0 Å². The van der Waals surface area contributed by atoms with Crippen molar-refractivity contribution in [2.24, 2.45) is 0 Å². The van der Waals surface area contributed by atoms with E-state index in [1.54, 1.807) is 6.92 Å². The van der Waals surface area contributed by atoms with Gasteiger partial charge in [0, 0.05) is 11.8 Å². The molecule has 0 heterocycles. The molecule has 0 aliphatic rings. The van der Waals surface area contributed by atoms with Gasteiger partial charge in [0.2, 0.25) is 0 Å². The molecular formula is C12H27NO2S. The molecule has 0 aliphatic carbocycles. The summed E-state index contributed by atoms with van der Waals surface area (Å²) < 4.78 is 22.6. The fourth-order valence-corrected chi connectivity index (χ4v) is 2.66. The maximum Gasteiger partial charge on any atom is 0.150 e. The van der Waals surface area contributed by atoms with Gasteiger partial charge in [-0.1, -0.05) is 33.1 Å². The topological polar surface area (TPSA) is 46.2 Å². The maximum absolute atomic E-state index is 11.3. The van der Waals surface area contributed by atoms with Crippen molar-refractivity contribution in [3.63, 3.8) is 0 Å². The smallest absolute Gasteiger partial charge is 0.150 e. The van der Waals surface area contributed by atoms with Gasteiger partial charge in [0.15, 0.2) is 0 Å². The molecule has 4 heteroatoms. The third kappa shape index (κ3) is 8.11. The van der Waals surface area contributed by atoms with Gasteiger partial charge in [-0.25, -0.2) is 8.42 Å². The summed E-state index contributed by atoms with van der Waals surface area (Å²) in [5.41, 5.74) is 0. The highest BCUT2D eigenvalue weighted by atomic mass is 32.2. The van der Waals surface area contributed by atoms with E-state index >= 15 is 0 Å². The fourth-order valence-electron chi connectivity index (χ4n) is 1.77. The average molecular weight is 249 g/mol. The van der Waals surface area contributed by atoms with Gasteiger partial charge >= 0.3 is 0 Å². The Balaban J connectivity index is 3.70. The van der Waals surface area contributed by atoms with Crippen molar-refractivity contribution >= 4 is 9.84 Å². The molecule has 0 saturated heterocycles. The number of unbranched alkanes of at least 4 members (excludes halogenated alkanes) is 2. The van der Waals surface area contributed by atoms with Crippen LogP contribution in [-0.4, -0.2) is 33.0 Å². The van der Waals surface area contributed by atoms with Crippen molar-refractivity contribution in [2.45, 2.75) is 58.4 Å². The minimum absolute atomic E-state index is 0.271. The number of hydrogen-bond donors (Lipinski definition) is 1. The van der Waals surface area contributed by atoms with Crippen molar-refractivity contribution in [2.75, 3.05) is 18.6 Å². The SMILES string of the molecule is CCCCCC(CCCS(=O)(=O)CC)NC. The molecule has 0 aromatic heterocycles. The lowest BCUT2D eigenvalue weighted by molar-refractivity contribution is 0.460. The molecule has 0 aromatic carbocycles. The first-order valence-electron chi connectivity index (χ1n) is 6.43. The Labute approximate surface area is 101 Å². The molecular weight excluding hydrogens is 222 g/mol. The van der Waals surface area contributed by atoms with Crippen LogP contribution in [0.25, 0.3) is 0 Å². The molecule has 0 aliphatic heterocycles. The van der Waals surface area contributed by atoms with Crippen molar-refractivity contribution < 1.29 is 8.42 Å². The number of rotatable bonds is 10. The molecule has 0 saturated carbocycles. The molecule has 3 nitrogen and oxygen atoms in total. The molecule has 0 amide bonds. The van der Waals surface area contributed by atoms with E-state index in [-0.39, 0.29) is 5.75 Å². The Morgan fingerprint density at radius 1 is 1.06 bits per heavy atom. The van der Waals surface area contributed by atoms with Crippen molar-refractivity contribution in [1.29, 1.82) is 0 Å². The fraction of sp³-hybridized carbons (Fsp3) is 1.00. The van der Waals surface area contributed by atoms with Crippen LogP contribution >= 0.6 is 0 Å². The lowest BCUT2D eigenvalue weighted by Gasteiger charge is -2.15. The van der Waals surface area contributed by atoms with Crippen LogP contribution in [0.3, 0.4) is 0 Å². The summed E-state index contributed by atoms with van der Waals surface area (Å²) in [4.78, 5) is 0. The van der Waals surface area contributed by atoms with E-state index < -0.39 is 9.84 Å². The van der Waals surface area contributed by atoms with Crippen LogP contribution in [-0.2, 0) is 9.84 Å². The molecule has 98 valence electrons. The second kappa shape index (κ2) is 8.99. The molecule has 16 heavy (non-hydrogen) atoms. The van der Waals surface area contributed by atoms with Crippen LogP contribution in [0.15, 0.2) is 0 Å². The zero-order chi connectivity index (χ0) is 12.4. The van der Waals surface area contributed by atoms with E-state index in [0.717, 1.165) is 19.3 Å².